The summed E-state index contributed by atoms with van der Waals surface area (Å²) in [4.78, 5) is 14.5. The molecule has 1 aliphatic rings. The van der Waals surface area contributed by atoms with Crippen molar-refractivity contribution in [2.45, 2.75) is 25.4 Å². The molecule has 88 valence electrons. The molecule has 3 nitrogen and oxygen atoms in total. The van der Waals surface area contributed by atoms with E-state index in [4.69, 9.17) is 5.73 Å². The van der Waals surface area contributed by atoms with Crippen molar-refractivity contribution >= 4 is 16.8 Å². The van der Waals surface area contributed by atoms with Gasteiger partial charge in [0, 0.05) is 17.5 Å². The molecule has 0 aliphatic heterocycles. The molecule has 0 saturated carbocycles. The van der Waals surface area contributed by atoms with Crippen LogP contribution in [0.2, 0.25) is 0 Å². The highest BCUT2D eigenvalue weighted by Crippen LogP contribution is 2.31. The Balaban J connectivity index is 2.28. The molecule has 1 amide bonds. The number of aromatic amines is 1. The summed E-state index contributed by atoms with van der Waals surface area (Å²) in [6.45, 7) is 0. The summed E-state index contributed by atoms with van der Waals surface area (Å²) >= 11 is 0. The van der Waals surface area contributed by atoms with Crippen LogP contribution >= 0.6 is 0 Å². The molecule has 1 unspecified atom stereocenters. The maximum atomic E-state index is 13.4. The molecule has 4 heteroatoms. The van der Waals surface area contributed by atoms with Gasteiger partial charge in [-0.2, -0.15) is 0 Å². The van der Waals surface area contributed by atoms with Crippen molar-refractivity contribution in [3.8, 4) is 0 Å². The van der Waals surface area contributed by atoms with Gasteiger partial charge in [-0.3, -0.25) is 4.79 Å². The average molecular weight is 232 g/mol. The fraction of sp³-hybridized carbons (Fsp3) is 0.308. The molecule has 0 radical (unpaired) electrons. The van der Waals surface area contributed by atoms with Crippen LogP contribution in [0.1, 0.15) is 28.0 Å². The number of rotatable bonds is 1. The van der Waals surface area contributed by atoms with Gasteiger partial charge in [0.1, 0.15) is 6.17 Å². The molecule has 0 spiro atoms. The van der Waals surface area contributed by atoms with E-state index in [0.717, 1.165) is 22.2 Å². The Labute approximate surface area is 97.8 Å². The molecule has 2 aromatic rings. The van der Waals surface area contributed by atoms with Gasteiger partial charge in [-0.1, -0.05) is 12.1 Å². The first-order valence-electron chi connectivity index (χ1n) is 5.73. The van der Waals surface area contributed by atoms with Gasteiger partial charge in [-0.15, -0.1) is 0 Å². The Hall–Kier alpha value is -1.84. The second-order valence-electron chi connectivity index (χ2n) is 4.51. The summed E-state index contributed by atoms with van der Waals surface area (Å²) in [7, 11) is 0. The van der Waals surface area contributed by atoms with Crippen molar-refractivity contribution < 1.29 is 9.18 Å². The SMILES string of the molecule is NC(=O)c1cccc2c3c([nH]c12)CCC(F)C3. The normalized spacial score (nSPS) is 19.2. The van der Waals surface area contributed by atoms with Gasteiger partial charge in [-0.25, -0.2) is 4.39 Å². The van der Waals surface area contributed by atoms with Crippen molar-refractivity contribution in [3.63, 3.8) is 0 Å². The lowest BCUT2D eigenvalue weighted by Gasteiger charge is -2.15. The van der Waals surface area contributed by atoms with E-state index >= 15 is 0 Å². The number of carbonyl (C=O) groups excluding carboxylic acids is 1. The van der Waals surface area contributed by atoms with Gasteiger partial charge in [0.05, 0.1) is 11.1 Å². The molecule has 1 atom stereocenters. The van der Waals surface area contributed by atoms with Crippen LogP contribution in [0.4, 0.5) is 4.39 Å². The molecular formula is C13H13FN2O. The second kappa shape index (κ2) is 3.58. The number of alkyl halides is 1. The lowest BCUT2D eigenvalue weighted by molar-refractivity contribution is 0.100. The Morgan fingerprint density at radius 3 is 3.06 bits per heavy atom. The third-order valence-electron chi connectivity index (χ3n) is 3.43. The summed E-state index contributed by atoms with van der Waals surface area (Å²) in [5, 5.41) is 0.929. The van der Waals surface area contributed by atoms with E-state index in [0.29, 0.717) is 24.8 Å². The highest BCUT2D eigenvalue weighted by atomic mass is 19.1. The second-order valence-corrected chi connectivity index (χ2v) is 4.51. The van der Waals surface area contributed by atoms with Crippen molar-refractivity contribution in [1.29, 1.82) is 0 Å². The lowest BCUT2D eigenvalue weighted by atomic mass is 9.94. The smallest absolute Gasteiger partial charge is 0.250 e. The van der Waals surface area contributed by atoms with Crippen molar-refractivity contribution in [3.05, 3.63) is 35.0 Å². The van der Waals surface area contributed by atoms with E-state index in [1.54, 1.807) is 12.1 Å². The van der Waals surface area contributed by atoms with Gasteiger partial charge in [0.25, 0.3) is 5.91 Å². The molecular weight excluding hydrogens is 219 g/mol. The molecule has 1 heterocycles. The Kier molecular flexibility index (Phi) is 2.18. The zero-order valence-electron chi connectivity index (χ0n) is 9.29. The van der Waals surface area contributed by atoms with Crippen LogP contribution in [0.25, 0.3) is 10.9 Å². The zero-order chi connectivity index (χ0) is 12.0. The van der Waals surface area contributed by atoms with Crippen LogP contribution in [0.5, 0.6) is 0 Å². The number of nitrogens with two attached hydrogens (primary N) is 1. The number of para-hydroxylation sites is 1. The number of halogens is 1. The van der Waals surface area contributed by atoms with Crippen molar-refractivity contribution in [2.75, 3.05) is 0 Å². The molecule has 17 heavy (non-hydrogen) atoms. The first-order valence-corrected chi connectivity index (χ1v) is 5.73. The quantitative estimate of drug-likeness (QED) is 0.777. The molecule has 3 rings (SSSR count). The fourth-order valence-electron chi connectivity index (χ4n) is 2.60. The average Bonchev–Trinajstić information content (AvgIpc) is 2.66. The largest absolute Gasteiger partial charge is 0.366 e. The molecule has 0 bridgehead atoms. The van der Waals surface area contributed by atoms with Crippen LogP contribution in [-0.2, 0) is 12.8 Å². The monoisotopic (exact) mass is 232 g/mol. The first-order chi connectivity index (χ1) is 8.16. The summed E-state index contributed by atoms with van der Waals surface area (Å²) in [5.74, 6) is -0.453. The molecule has 3 N–H and O–H groups in total. The van der Waals surface area contributed by atoms with Crippen LogP contribution in [0, 0.1) is 0 Å². The predicted octanol–water partition coefficient (Wildman–Crippen LogP) is 2.09. The third kappa shape index (κ3) is 1.52. The number of hydrogen-bond donors (Lipinski definition) is 2. The molecule has 0 saturated heterocycles. The maximum absolute atomic E-state index is 13.4. The number of nitrogens with one attached hydrogen (secondary N) is 1. The molecule has 1 aromatic carbocycles. The fourth-order valence-corrected chi connectivity index (χ4v) is 2.60. The van der Waals surface area contributed by atoms with Crippen LogP contribution in [0.3, 0.4) is 0 Å². The lowest BCUT2D eigenvalue weighted by Crippen LogP contribution is -2.13. The number of aromatic nitrogens is 1. The number of primary amides is 1. The molecule has 1 aromatic heterocycles. The standard InChI is InChI=1S/C13H13FN2O/c14-7-4-5-11-10(6-7)8-2-1-3-9(13(15)17)12(8)16-11/h1-3,7,16H,4-6H2,(H2,15,17). The number of benzene rings is 1. The van der Waals surface area contributed by atoms with Gasteiger partial charge < -0.3 is 10.7 Å². The van der Waals surface area contributed by atoms with Gasteiger partial charge in [-0.05, 0) is 24.5 Å². The van der Waals surface area contributed by atoms with Crippen LogP contribution in [-0.4, -0.2) is 17.1 Å². The molecule has 1 aliphatic carbocycles. The highest BCUT2D eigenvalue weighted by Gasteiger charge is 2.23. The summed E-state index contributed by atoms with van der Waals surface area (Å²) in [6.07, 6.45) is 0.894. The Morgan fingerprint density at radius 2 is 2.29 bits per heavy atom. The third-order valence-corrected chi connectivity index (χ3v) is 3.43. The number of hydrogen-bond acceptors (Lipinski definition) is 1. The summed E-state index contributed by atoms with van der Waals surface area (Å²) in [5.41, 5.74) is 8.61. The number of H-pyrrole nitrogens is 1. The van der Waals surface area contributed by atoms with Gasteiger partial charge in [0.15, 0.2) is 0 Å². The Morgan fingerprint density at radius 1 is 1.47 bits per heavy atom. The summed E-state index contributed by atoms with van der Waals surface area (Å²) in [6, 6.07) is 5.40. The van der Waals surface area contributed by atoms with E-state index in [9.17, 15) is 9.18 Å². The number of fused-ring (bicyclic) bond motifs is 3. The zero-order valence-corrected chi connectivity index (χ0v) is 9.29. The number of aryl methyl sites for hydroxylation is 1. The van der Waals surface area contributed by atoms with Crippen molar-refractivity contribution in [1.82, 2.24) is 4.98 Å². The minimum atomic E-state index is -0.779. The maximum Gasteiger partial charge on any atom is 0.250 e. The first kappa shape index (κ1) is 10.3. The Bertz CT molecular complexity index is 603. The molecule has 0 fully saturated rings. The summed E-state index contributed by atoms with van der Waals surface area (Å²) < 4.78 is 13.4. The van der Waals surface area contributed by atoms with E-state index in [1.165, 1.54) is 0 Å². The van der Waals surface area contributed by atoms with E-state index in [1.807, 2.05) is 6.07 Å². The van der Waals surface area contributed by atoms with Crippen LogP contribution < -0.4 is 5.73 Å². The topological polar surface area (TPSA) is 58.9 Å². The van der Waals surface area contributed by atoms with Crippen LogP contribution in [0.15, 0.2) is 18.2 Å². The van der Waals surface area contributed by atoms with Gasteiger partial charge >= 0.3 is 0 Å². The number of amides is 1. The van der Waals surface area contributed by atoms with Crippen molar-refractivity contribution in [2.24, 2.45) is 5.73 Å². The van der Waals surface area contributed by atoms with E-state index in [-0.39, 0.29) is 0 Å². The number of carbonyl (C=O) groups is 1. The van der Waals surface area contributed by atoms with Gasteiger partial charge in [0.2, 0.25) is 0 Å². The highest BCUT2D eigenvalue weighted by molar-refractivity contribution is 6.06. The minimum Gasteiger partial charge on any atom is -0.366 e. The van der Waals surface area contributed by atoms with E-state index in [2.05, 4.69) is 4.98 Å². The predicted molar refractivity (Wildman–Crippen MR) is 63.7 cm³/mol. The van der Waals surface area contributed by atoms with E-state index < -0.39 is 12.1 Å². The minimum absolute atomic E-state index is 0.428.